The van der Waals surface area contributed by atoms with E-state index in [9.17, 15) is 4.79 Å². The van der Waals surface area contributed by atoms with Crippen molar-refractivity contribution < 1.29 is 4.79 Å². The third kappa shape index (κ3) is 5.36. The normalized spacial score (nSPS) is 16.5. The van der Waals surface area contributed by atoms with Crippen LogP contribution in [0.2, 0.25) is 0 Å². The zero-order valence-electron chi connectivity index (χ0n) is 17.4. The molecule has 1 heterocycles. The second-order valence-corrected chi connectivity index (χ2v) is 7.89. The first kappa shape index (κ1) is 21.3. The molecule has 3 rings (SSSR count). The highest BCUT2D eigenvalue weighted by atomic mass is 32.1. The molecule has 1 fully saturated rings. The summed E-state index contributed by atoms with van der Waals surface area (Å²) in [4.78, 5) is 16.9. The lowest BCUT2D eigenvalue weighted by Crippen LogP contribution is -2.50. The topological polar surface area (TPSA) is 35.6 Å². The first-order valence-corrected chi connectivity index (χ1v) is 11.0. The molecule has 5 heteroatoms. The number of amides is 1. The number of piperidine rings is 1. The Balaban J connectivity index is 1.73. The Morgan fingerprint density at radius 2 is 1.62 bits per heavy atom. The molecular formula is C24H31N3OS. The van der Waals surface area contributed by atoms with Crippen LogP contribution in [0.4, 0.5) is 0 Å². The van der Waals surface area contributed by atoms with Crippen LogP contribution in [0.1, 0.15) is 43.9 Å². The van der Waals surface area contributed by atoms with Crippen LogP contribution < -0.4 is 5.32 Å². The lowest BCUT2D eigenvalue weighted by Gasteiger charge is -2.37. The number of hydrogen-bond donors (Lipinski definition) is 1. The summed E-state index contributed by atoms with van der Waals surface area (Å²) in [6, 6.07) is 20.7. The molecule has 1 aliphatic rings. The van der Waals surface area contributed by atoms with E-state index in [1.807, 2.05) is 30.9 Å². The molecule has 1 aliphatic heterocycles. The number of carbonyl (C=O) groups excluding carboxylic acids is 1. The van der Waals surface area contributed by atoms with Gasteiger partial charge in [-0.05, 0) is 50.0 Å². The summed E-state index contributed by atoms with van der Waals surface area (Å²) in [6.45, 7) is 7.19. The highest BCUT2D eigenvalue weighted by Gasteiger charge is 2.30. The van der Waals surface area contributed by atoms with Crippen LogP contribution in [0.15, 0.2) is 60.7 Å². The van der Waals surface area contributed by atoms with Crippen molar-refractivity contribution >= 4 is 23.2 Å². The van der Waals surface area contributed by atoms with E-state index in [0.29, 0.717) is 6.54 Å². The zero-order chi connectivity index (χ0) is 20.6. The Labute approximate surface area is 179 Å². The van der Waals surface area contributed by atoms with Crippen molar-refractivity contribution in [2.75, 3.05) is 26.2 Å². The number of carbonyl (C=O) groups is 1. The number of nitrogens with one attached hydrogen (secondary N) is 1. The molecule has 0 radical (unpaired) electrons. The smallest absolute Gasteiger partial charge is 0.227 e. The molecule has 1 N–H and O–H groups in total. The minimum Gasteiger partial charge on any atom is -0.352 e. The van der Waals surface area contributed by atoms with Gasteiger partial charge in [-0.25, -0.2) is 0 Å². The monoisotopic (exact) mass is 409 g/mol. The molecular weight excluding hydrogens is 378 g/mol. The fourth-order valence-corrected chi connectivity index (χ4v) is 4.31. The second-order valence-electron chi connectivity index (χ2n) is 7.50. The summed E-state index contributed by atoms with van der Waals surface area (Å²) < 4.78 is 0. The molecule has 2 aromatic rings. The predicted octanol–water partition coefficient (Wildman–Crippen LogP) is 4.23. The molecule has 1 saturated heterocycles. The van der Waals surface area contributed by atoms with Gasteiger partial charge in [0.15, 0.2) is 5.11 Å². The number of benzene rings is 2. The summed E-state index contributed by atoms with van der Waals surface area (Å²) in [5, 5.41) is 4.29. The summed E-state index contributed by atoms with van der Waals surface area (Å²) in [7, 11) is 0. The minimum absolute atomic E-state index is 0.0104. The van der Waals surface area contributed by atoms with Gasteiger partial charge in [0.25, 0.3) is 0 Å². The van der Waals surface area contributed by atoms with Crippen molar-refractivity contribution in [2.24, 2.45) is 5.92 Å². The largest absolute Gasteiger partial charge is 0.352 e. The number of thiocarbonyl (C=S) groups is 1. The summed E-state index contributed by atoms with van der Waals surface area (Å²) in [5.41, 5.74) is 2.35. The maximum absolute atomic E-state index is 12.8. The second kappa shape index (κ2) is 10.4. The van der Waals surface area contributed by atoms with Crippen LogP contribution in [0.3, 0.4) is 0 Å². The summed E-state index contributed by atoms with van der Waals surface area (Å²) in [5.74, 6) is 0.278. The molecule has 0 saturated carbocycles. The zero-order valence-corrected chi connectivity index (χ0v) is 18.2. The molecule has 1 atom stereocenters. The molecule has 0 bridgehead atoms. The lowest BCUT2D eigenvalue weighted by atomic mass is 9.96. The molecule has 1 unspecified atom stereocenters. The van der Waals surface area contributed by atoms with Crippen LogP contribution >= 0.6 is 12.2 Å². The number of nitrogens with zero attached hydrogens (tertiary/aromatic N) is 2. The van der Waals surface area contributed by atoms with Gasteiger partial charge in [0.05, 0.1) is 12.0 Å². The highest BCUT2D eigenvalue weighted by molar-refractivity contribution is 7.80. The maximum atomic E-state index is 12.8. The van der Waals surface area contributed by atoms with E-state index in [0.717, 1.165) is 37.6 Å². The predicted molar refractivity (Wildman–Crippen MR) is 123 cm³/mol. The van der Waals surface area contributed by atoms with Crippen LogP contribution in [0, 0.1) is 5.92 Å². The first-order valence-electron chi connectivity index (χ1n) is 10.6. The molecule has 4 nitrogen and oxygen atoms in total. The van der Waals surface area contributed by atoms with E-state index in [1.165, 1.54) is 11.1 Å². The van der Waals surface area contributed by atoms with Gasteiger partial charge in [-0.15, -0.1) is 0 Å². The van der Waals surface area contributed by atoms with Gasteiger partial charge < -0.3 is 15.1 Å². The lowest BCUT2D eigenvalue weighted by molar-refractivity contribution is -0.136. The van der Waals surface area contributed by atoms with E-state index < -0.39 is 0 Å². The minimum atomic E-state index is -0.0104. The number of likely N-dealkylation sites (tertiary alicyclic amines) is 1. The molecule has 2 aromatic carbocycles. The fraction of sp³-hybridized carbons (Fsp3) is 0.417. The summed E-state index contributed by atoms with van der Waals surface area (Å²) in [6.07, 6.45) is 1.93. The third-order valence-corrected chi connectivity index (χ3v) is 6.04. The molecule has 29 heavy (non-hydrogen) atoms. The van der Waals surface area contributed by atoms with Crippen LogP contribution in [0.25, 0.3) is 0 Å². The Bertz CT molecular complexity index is 753. The maximum Gasteiger partial charge on any atom is 0.227 e. The Hall–Kier alpha value is -2.40. The van der Waals surface area contributed by atoms with E-state index >= 15 is 0 Å². The van der Waals surface area contributed by atoms with E-state index in [2.05, 4.69) is 58.7 Å². The summed E-state index contributed by atoms with van der Waals surface area (Å²) >= 11 is 5.80. The van der Waals surface area contributed by atoms with Crippen molar-refractivity contribution in [2.45, 2.75) is 32.7 Å². The van der Waals surface area contributed by atoms with Gasteiger partial charge in [-0.1, -0.05) is 60.7 Å². The Morgan fingerprint density at radius 3 is 2.14 bits per heavy atom. The molecule has 154 valence electrons. The van der Waals surface area contributed by atoms with Gasteiger partial charge >= 0.3 is 0 Å². The van der Waals surface area contributed by atoms with Crippen LogP contribution in [0.5, 0.6) is 0 Å². The van der Waals surface area contributed by atoms with Gasteiger partial charge in [0.1, 0.15) is 0 Å². The number of rotatable bonds is 6. The first-order chi connectivity index (χ1) is 14.1. The SMILES string of the molecule is CCN(CC)C(=O)C1CCCN(C(=S)NC(c2ccccc2)c2ccccc2)C1. The van der Waals surface area contributed by atoms with Gasteiger partial charge in [-0.3, -0.25) is 4.79 Å². The van der Waals surface area contributed by atoms with Crippen molar-refractivity contribution in [3.8, 4) is 0 Å². The molecule has 0 aliphatic carbocycles. The van der Waals surface area contributed by atoms with Gasteiger partial charge in [0.2, 0.25) is 5.91 Å². The quantitative estimate of drug-likeness (QED) is 0.724. The molecule has 0 aromatic heterocycles. The number of hydrogen-bond acceptors (Lipinski definition) is 2. The van der Waals surface area contributed by atoms with Crippen molar-refractivity contribution in [3.63, 3.8) is 0 Å². The van der Waals surface area contributed by atoms with E-state index in [-0.39, 0.29) is 17.9 Å². The standard InChI is InChI=1S/C24H31N3OS/c1-3-26(4-2)23(28)21-16-11-17-27(18-21)24(29)25-22(19-12-7-5-8-13-19)20-14-9-6-10-15-20/h5-10,12-15,21-22H,3-4,11,16-18H2,1-2H3,(H,25,29). The van der Waals surface area contributed by atoms with Crippen molar-refractivity contribution in [1.82, 2.24) is 15.1 Å². The highest BCUT2D eigenvalue weighted by Crippen LogP contribution is 2.24. The molecule has 0 spiro atoms. The van der Waals surface area contributed by atoms with Crippen molar-refractivity contribution in [1.29, 1.82) is 0 Å². The Morgan fingerprint density at radius 1 is 1.07 bits per heavy atom. The fourth-order valence-electron chi connectivity index (χ4n) is 4.02. The van der Waals surface area contributed by atoms with E-state index in [1.54, 1.807) is 0 Å². The van der Waals surface area contributed by atoms with Crippen LogP contribution in [-0.2, 0) is 4.79 Å². The van der Waals surface area contributed by atoms with Gasteiger partial charge in [0, 0.05) is 26.2 Å². The third-order valence-electron chi connectivity index (χ3n) is 5.67. The molecule has 1 amide bonds. The van der Waals surface area contributed by atoms with Crippen LogP contribution in [-0.4, -0.2) is 47.0 Å². The van der Waals surface area contributed by atoms with Crippen molar-refractivity contribution in [3.05, 3.63) is 71.8 Å². The Kier molecular flexibility index (Phi) is 7.64. The van der Waals surface area contributed by atoms with Gasteiger partial charge in [-0.2, -0.15) is 0 Å². The average molecular weight is 410 g/mol. The average Bonchev–Trinajstić information content (AvgIpc) is 2.79. The van der Waals surface area contributed by atoms with E-state index in [4.69, 9.17) is 12.2 Å².